The van der Waals surface area contributed by atoms with Crippen molar-refractivity contribution in [3.63, 3.8) is 0 Å². The molecule has 0 saturated heterocycles. The zero-order valence-electron chi connectivity index (χ0n) is 20.3. The Kier molecular flexibility index (Phi) is 5.19. The van der Waals surface area contributed by atoms with Gasteiger partial charge in [-0.05, 0) is 33.0 Å². The number of benzene rings is 6. The largest absolute Gasteiger partial charge is 0.455 e. The summed E-state index contributed by atoms with van der Waals surface area (Å²) in [5.41, 5.74) is 6.96. The average molecular weight is 473 g/mol. The third-order valence-corrected chi connectivity index (χ3v) is 7.12. The quantitative estimate of drug-likeness (QED) is 0.248. The number of rotatable bonds is 4. The molecule has 0 aliphatic carbocycles. The van der Waals surface area contributed by atoms with E-state index >= 15 is 0 Å². The Bertz CT molecular complexity index is 1850. The van der Waals surface area contributed by atoms with Crippen molar-refractivity contribution in [1.29, 1.82) is 0 Å². The summed E-state index contributed by atoms with van der Waals surface area (Å²) in [4.78, 5) is 0. The monoisotopic (exact) mass is 472 g/mol. The van der Waals surface area contributed by atoms with E-state index in [9.17, 15) is 0 Å². The first-order valence-corrected chi connectivity index (χ1v) is 12.6. The second-order valence-electron chi connectivity index (χ2n) is 9.32. The third kappa shape index (κ3) is 3.73. The maximum Gasteiger partial charge on any atom is 0.143 e. The van der Waals surface area contributed by atoms with Crippen molar-refractivity contribution in [1.82, 2.24) is 0 Å². The van der Waals surface area contributed by atoms with Gasteiger partial charge in [-0.15, -0.1) is 0 Å². The second-order valence-corrected chi connectivity index (χ2v) is 9.32. The maximum absolute atomic E-state index is 6.72. The van der Waals surface area contributed by atoms with Crippen LogP contribution in [0.5, 0.6) is 0 Å². The minimum absolute atomic E-state index is 0.901. The summed E-state index contributed by atoms with van der Waals surface area (Å²) in [6.45, 7) is 0. The molecule has 7 rings (SSSR count). The first-order chi connectivity index (χ1) is 18.4. The van der Waals surface area contributed by atoms with Gasteiger partial charge < -0.3 is 4.42 Å². The summed E-state index contributed by atoms with van der Waals surface area (Å²) in [7, 11) is 0. The van der Waals surface area contributed by atoms with Gasteiger partial charge in [-0.1, -0.05) is 146 Å². The lowest BCUT2D eigenvalue weighted by Crippen LogP contribution is -1.83. The SMILES string of the molecule is c1ccc(-c2ccccc2-c2oc(-c3ccc(-c4cccc5ccccc45)cc3)c3ccccc23)cc1. The van der Waals surface area contributed by atoms with Crippen LogP contribution in [0.3, 0.4) is 0 Å². The van der Waals surface area contributed by atoms with Crippen molar-refractivity contribution in [2.75, 3.05) is 0 Å². The lowest BCUT2D eigenvalue weighted by atomic mass is 9.96. The van der Waals surface area contributed by atoms with Crippen molar-refractivity contribution in [3.05, 3.63) is 146 Å². The smallest absolute Gasteiger partial charge is 0.143 e. The van der Waals surface area contributed by atoms with Crippen molar-refractivity contribution >= 4 is 21.5 Å². The van der Waals surface area contributed by atoms with Gasteiger partial charge in [-0.3, -0.25) is 0 Å². The summed E-state index contributed by atoms with van der Waals surface area (Å²) >= 11 is 0. The number of hydrogen-bond donors (Lipinski definition) is 0. The molecule has 0 radical (unpaired) electrons. The Morgan fingerprint density at radius 1 is 0.297 bits per heavy atom. The summed E-state index contributed by atoms with van der Waals surface area (Å²) in [5.74, 6) is 1.81. The molecule has 0 bridgehead atoms. The number of furan rings is 1. The Balaban J connectivity index is 1.36. The van der Waals surface area contributed by atoms with E-state index in [0.717, 1.165) is 33.4 Å². The molecule has 7 aromatic rings. The van der Waals surface area contributed by atoms with Crippen molar-refractivity contribution in [3.8, 4) is 44.9 Å². The standard InChI is InChI=1S/C36H24O/c1-2-11-25(12-3-1)31-16-6-7-17-32(31)36-34-19-9-8-18-33(34)35(37-36)28-23-21-27(22-24-28)30-20-10-14-26-13-4-5-15-29(26)30/h1-24H. The van der Waals surface area contributed by atoms with Crippen LogP contribution in [0, 0.1) is 0 Å². The molecule has 0 amide bonds. The van der Waals surface area contributed by atoms with E-state index in [4.69, 9.17) is 4.42 Å². The summed E-state index contributed by atoms with van der Waals surface area (Å²) in [6, 6.07) is 51.3. The predicted octanol–water partition coefficient (Wildman–Crippen LogP) is 10.3. The van der Waals surface area contributed by atoms with Crippen molar-refractivity contribution < 1.29 is 4.42 Å². The first kappa shape index (κ1) is 21.4. The van der Waals surface area contributed by atoms with Gasteiger partial charge in [-0.25, -0.2) is 0 Å². The topological polar surface area (TPSA) is 13.1 Å². The summed E-state index contributed by atoms with van der Waals surface area (Å²) < 4.78 is 6.72. The highest BCUT2D eigenvalue weighted by molar-refractivity contribution is 6.05. The molecule has 0 aliphatic rings. The van der Waals surface area contributed by atoms with Gasteiger partial charge >= 0.3 is 0 Å². The molecule has 0 spiro atoms. The van der Waals surface area contributed by atoms with Crippen LogP contribution in [-0.2, 0) is 0 Å². The van der Waals surface area contributed by atoms with E-state index in [-0.39, 0.29) is 0 Å². The van der Waals surface area contributed by atoms with Gasteiger partial charge in [0.15, 0.2) is 0 Å². The van der Waals surface area contributed by atoms with Crippen LogP contribution in [0.25, 0.3) is 66.4 Å². The van der Waals surface area contributed by atoms with Crippen LogP contribution >= 0.6 is 0 Å². The van der Waals surface area contributed by atoms with Crippen LogP contribution in [0.1, 0.15) is 0 Å². The van der Waals surface area contributed by atoms with E-state index in [1.54, 1.807) is 0 Å². The zero-order valence-corrected chi connectivity index (χ0v) is 20.3. The van der Waals surface area contributed by atoms with E-state index in [2.05, 4.69) is 146 Å². The molecule has 0 N–H and O–H groups in total. The fourth-order valence-corrected chi connectivity index (χ4v) is 5.33. The molecule has 0 atom stereocenters. The van der Waals surface area contributed by atoms with E-state index in [0.29, 0.717) is 0 Å². The molecule has 0 saturated carbocycles. The fraction of sp³-hybridized carbons (Fsp3) is 0. The minimum Gasteiger partial charge on any atom is -0.455 e. The Labute approximate surface area is 216 Å². The van der Waals surface area contributed by atoms with Crippen LogP contribution in [0.15, 0.2) is 150 Å². The highest BCUT2D eigenvalue weighted by Gasteiger charge is 2.18. The molecular weight excluding hydrogens is 448 g/mol. The lowest BCUT2D eigenvalue weighted by molar-refractivity contribution is 0.602. The normalized spacial score (nSPS) is 11.2. The van der Waals surface area contributed by atoms with Crippen LogP contribution < -0.4 is 0 Å². The van der Waals surface area contributed by atoms with Gasteiger partial charge in [0.05, 0.1) is 0 Å². The highest BCUT2D eigenvalue weighted by Crippen LogP contribution is 2.43. The van der Waals surface area contributed by atoms with Crippen LogP contribution in [0.2, 0.25) is 0 Å². The molecule has 174 valence electrons. The predicted molar refractivity (Wildman–Crippen MR) is 155 cm³/mol. The molecule has 1 aromatic heterocycles. The molecule has 37 heavy (non-hydrogen) atoms. The molecule has 0 fully saturated rings. The number of hydrogen-bond acceptors (Lipinski definition) is 1. The molecular formula is C36H24O. The van der Waals surface area contributed by atoms with E-state index < -0.39 is 0 Å². The molecule has 1 nitrogen and oxygen atoms in total. The van der Waals surface area contributed by atoms with Crippen molar-refractivity contribution in [2.45, 2.75) is 0 Å². The highest BCUT2D eigenvalue weighted by atomic mass is 16.3. The number of fused-ring (bicyclic) bond motifs is 2. The second kappa shape index (κ2) is 8.96. The Morgan fingerprint density at radius 2 is 0.811 bits per heavy atom. The Morgan fingerprint density at radius 3 is 1.59 bits per heavy atom. The van der Waals surface area contributed by atoms with Crippen LogP contribution in [-0.4, -0.2) is 0 Å². The molecule has 1 heterocycles. The Hall–Kier alpha value is -4.88. The van der Waals surface area contributed by atoms with Crippen LogP contribution in [0.4, 0.5) is 0 Å². The third-order valence-electron chi connectivity index (χ3n) is 7.12. The summed E-state index contributed by atoms with van der Waals surface area (Å²) in [6.07, 6.45) is 0. The van der Waals surface area contributed by atoms with Gasteiger partial charge in [0.25, 0.3) is 0 Å². The first-order valence-electron chi connectivity index (χ1n) is 12.6. The van der Waals surface area contributed by atoms with E-state index in [1.807, 2.05) is 0 Å². The molecule has 6 aromatic carbocycles. The molecule has 1 heteroatoms. The maximum atomic E-state index is 6.72. The summed E-state index contributed by atoms with van der Waals surface area (Å²) in [5, 5.41) is 4.76. The van der Waals surface area contributed by atoms with Crippen molar-refractivity contribution in [2.24, 2.45) is 0 Å². The average Bonchev–Trinajstić information content (AvgIpc) is 3.37. The molecule has 0 unspecified atom stereocenters. The fourth-order valence-electron chi connectivity index (χ4n) is 5.33. The van der Waals surface area contributed by atoms with Gasteiger partial charge in [0, 0.05) is 21.9 Å². The van der Waals surface area contributed by atoms with Gasteiger partial charge in [0.2, 0.25) is 0 Å². The molecule has 0 aliphatic heterocycles. The van der Waals surface area contributed by atoms with E-state index in [1.165, 1.54) is 33.0 Å². The minimum atomic E-state index is 0.901. The van der Waals surface area contributed by atoms with Gasteiger partial charge in [-0.2, -0.15) is 0 Å². The van der Waals surface area contributed by atoms with Gasteiger partial charge in [0.1, 0.15) is 11.5 Å². The lowest BCUT2D eigenvalue weighted by Gasteiger charge is -2.09. The zero-order chi connectivity index (χ0) is 24.6.